The zero-order valence-corrected chi connectivity index (χ0v) is 18.9. The molecule has 0 fully saturated rings. The maximum Gasteiger partial charge on any atom is 0.345 e. The van der Waals surface area contributed by atoms with Crippen molar-refractivity contribution in [2.24, 2.45) is 0 Å². The number of para-hydroxylation sites is 1. The molecular weight excluding hydrogens is 442 g/mol. The Balaban J connectivity index is 2.23. The highest BCUT2D eigenvalue weighted by Gasteiger charge is 2.24. The lowest BCUT2D eigenvalue weighted by Gasteiger charge is -2.07. The van der Waals surface area contributed by atoms with Crippen molar-refractivity contribution in [2.75, 3.05) is 20.3 Å². The fourth-order valence-electron chi connectivity index (χ4n) is 3.18. The van der Waals surface area contributed by atoms with E-state index >= 15 is 0 Å². The number of carbonyl (C=O) groups excluding carboxylic acids is 2. The maximum atomic E-state index is 12.5. The number of hydrogen-bond donors (Lipinski definition) is 0. The topological polar surface area (TPSA) is 123 Å². The first-order valence-electron chi connectivity index (χ1n) is 10.4. The van der Waals surface area contributed by atoms with Gasteiger partial charge in [0.25, 0.3) is 0 Å². The van der Waals surface area contributed by atoms with Crippen LogP contribution < -0.4 is 4.74 Å². The number of nitro groups is 1. The third-order valence-corrected chi connectivity index (χ3v) is 4.70. The van der Waals surface area contributed by atoms with Crippen molar-refractivity contribution >= 4 is 23.7 Å². The van der Waals surface area contributed by atoms with Gasteiger partial charge >= 0.3 is 17.6 Å². The summed E-state index contributed by atoms with van der Waals surface area (Å²) in [6.45, 7) is 3.37. The molecule has 0 N–H and O–H groups in total. The number of aromatic nitrogens is 2. The lowest BCUT2D eigenvalue weighted by atomic mass is 10.0. The van der Waals surface area contributed by atoms with Gasteiger partial charge in [0.15, 0.2) is 5.75 Å². The van der Waals surface area contributed by atoms with Crippen LogP contribution in [-0.4, -0.2) is 47.0 Å². The highest BCUT2D eigenvalue weighted by molar-refractivity contribution is 6.18. The molecule has 3 rings (SSSR count). The quantitative estimate of drug-likeness (QED) is 0.116. The standard InChI is InChI=1S/C24H23N3O7/c1-4-33-23(28)19(24(29)34-5-2)13-17-15-26(18-9-7-6-8-10-18)25-22(17)16-11-12-21(32-3)20(14-16)27(30)31/h6-15H,4-5H2,1-3H3. The number of methoxy groups -OCH3 is 1. The van der Waals surface area contributed by atoms with E-state index in [0.29, 0.717) is 22.5 Å². The first kappa shape index (κ1) is 24.2. The Kier molecular flexibility index (Phi) is 7.75. The summed E-state index contributed by atoms with van der Waals surface area (Å²) < 4.78 is 16.7. The minimum absolute atomic E-state index is 0.0659. The number of esters is 2. The van der Waals surface area contributed by atoms with Crippen LogP contribution in [0.25, 0.3) is 23.0 Å². The van der Waals surface area contributed by atoms with Crippen LogP contribution in [0.3, 0.4) is 0 Å². The van der Waals surface area contributed by atoms with Crippen LogP contribution in [0.5, 0.6) is 5.75 Å². The molecule has 0 aliphatic rings. The fourth-order valence-corrected chi connectivity index (χ4v) is 3.18. The minimum Gasteiger partial charge on any atom is -0.490 e. The van der Waals surface area contributed by atoms with Crippen LogP contribution in [0.2, 0.25) is 0 Å². The van der Waals surface area contributed by atoms with E-state index in [4.69, 9.17) is 14.2 Å². The van der Waals surface area contributed by atoms with Gasteiger partial charge < -0.3 is 14.2 Å². The molecule has 10 nitrogen and oxygen atoms in total. The second kappa shape index (κ2) is 10.9. The van der Waals surface area contributed by atoms with E-state index in [1.807, 2.05) is 30.3 Å². The minimum atomic E-state index is -0.847. The molecule has 0 atom stereocenters. The first-order chi connectivity index (χ1) is 16.4. The number of benzene rings is 2. The summed E-state index contributed by atoms with van der Waals surface area (Å²) >= 11 is 0. The lowest BCUT2D eigenvalue weighted by Crippen LogP contribution is -2.18. The monoisotopic (exact) mass is 465 g/mol. The Hall–Kier alpha value is -4.47. The maximum absolute atomic E-state index is 12.5. The molecule has 10 heteroatoms. The summed E-state index contributed by atoms with van der Waals surface area (Å²) in [6.07, 6.45) is 2.92. The molecule has 176 valence electrons. The molecule has 34 heavy (non-hydrogen) atoms. The van der Waals surface area contributed by atoms with E-state index in [1.54, 1.807) is 30.8 Å². The average Bonchev–Trinajstić information content (AvgIpc) is 3.26. The molecule has 0 aliphatic heterocycles. The van der Waals surface area contributed by atoms with E-state index in [2.05, 4.69) is 5.10 Å². The zero-order chi connectivity index (χ0) is 24.7. The van der Waals surface area contributed by atoms with Crippen LogP contribution in [0.4, 0.5) is 5.69 Å². The van der Waals surface area contributed by atoms with Crippen molar-refractivity contribution < 1.29 is 28.7 Å². The summed E-state index contributed by atoms with van der Waals surface area (Å²) in [5.41, 5.74) is 1.20. The highest BCUT2D eigenvalue weighted by Crippen LogP contribution is 2.34. The molecule has 0 bridgehead atoms. The molecule has 0 spiro atoms. The molecule has 0 unspecified atom stereocenters. The Morgan fingerprint density at radius 2 is 1.71 bits per heavy atom. The van der Waals surface area contributed by atoms with Gasteiger partial charge in [-0.25, -0.2) is 14.3 Å². The van der Waals surface area contributed by atoms with Crippen LogP contribution in [0.15, 0.2) is 60.3 Å². The number of nitro benzene ring substituents is 1. The second-order valence-corrected chi connectivity index (χ2v) is 6.86. The molecule has 1 aromatic heterocycles. The van der Waals surface area contributed by atoms with E-state index < -0.39 is 16.9 Å². The highest BCUT2D eigenvalue weighted by atomic mass is 16.6. The molecule has 0 amide bonds. The Labute approximate surface area is 195 Å². The number of nitrogens with zero attached hydrogens (tertiary/aromatic N) is 3. The Bertz CT molecular complexity index is 1210. The van der Waals surface area contributed by atoms with Crippen molar-refractivity contribution in [3.05, 3.63) is 76.0 Å². The van der Waals surface area contributed by atoms with Crippen LogP contribution in [-0.2, 0) is 19.1 Å². The normalized spacial score (nSPS) is 10.3. The molecule has 0 saturated carbocycles. The van der Waals surface area contributed by atoms with E-state index in [1.165, 1.54) is 25.3 Å². The van der Waals surface area contributed by atoms with Crippen LogP contribution >= 0.6 is 0 Å². The summed E-state index contributed by atoms with van der Waals surface area (Å²) in [6, 6.07) is 13.5. The third kappa shape index (κ3) is 5.29. The van der Waals surface area contributed by atoms with Gasteiger partial charge in [-0.2, -0.15) is 5.10 Å². The van der Waals surface area contributed by atoms with Gasteiger partial charge in [0.1, 0.15) is 11.3 Å². The van der Waals surface area contributed by atoms with Crippen molar-refractivity contribution in [1.29, 1.82) is 0 Å². The van der Waals surface area contributed by atoms with Gasteiger partial charge in [0, 0.05) is 23.4 Å². The van der Waals surface area contributed by atoms with Crippen molar-refractivity contribution in [3.63, 3.8) is 0 Å². The van der Waals surface area contributed by atoms with Crippen LogP contribution in [0, 0.1) is 10.1 Å². The summed E-state index contributed by atoms with van der Waals surface area (Å²) in [7, 11) is 1.34. The number of rotatable bonds is 9. The molecular formula is C24H23N3O7. The van der Waals surface area contributed by atoms with Gasteiger partial charge in [-0.3, -0.25) is 10.1 Å². The first-order valence-corrected chi connectivity index (χ1v) is 10.4. The number of carbonyl (C=O) groups is 2. The van der Waals surface area contributed by atoms with Crippen molar-refractivity contribution in [3.8, 4) is 22.7 Å². The van der Waals surface area contributed by atoms with Crippen molar-refractivity contribution in [2.45, 2.75) is 13.8 Å². The molecule has 0 radical (unpaired) electrons. The van der Waals surface area contributed by atoms with Gasteiger partial charge in [-0.15, -0.1) is 0 Å². The molecule has 2 aromatic carbocycles. The predicted molar refractivity (Wildman–Crippen MR) is 123 cm³/mol. The zero-order valence-electron chi connectivity index (χ0n) is 18.9. The summed E-state index contributed by atoms with van der Waals surface area (Å²) in [4.78, 5) is 36.0. The van der Waals surface area contributed by atoms with E-state index in [0.717, 1.165) is 0 Å². The molecule has 0 aliphatic carbocycles. The predicted octanol–water partition coefficient (Wildman–Crippen LogP) is 3.97. The Morgan fingerprint density at radius 1 is 1.06 bits per heavy atom. The summed E-state index contributed by atoms with van der Waals surface area (Å²) in [5.74, 6) is -1.60. The van der Waals surface area contributed by atoms with Gasteiger partial charge in [-0.1, -0.05) is 18.2 Å². The molecule has 0 saturated heterocycles. The second-order valence-electron chi connectivity index (χ2n) is 6.86. The number of hydrogen-bond acceptors (Lipinski definition) is 8. The molecule has 1 heterocycles. The SMILES string of the molecule is CCOC(=O)C(=Cc1cn(-c2ccccc2)nc1-c1ccc(OC)c([N+](=O)[O-])c1)C(=O)OCC. The Morgan fingerprint density at radius 3 is 2.26 bits per heavy atom. The average molecular weight is 465 g/mol. The van der Waals surface area contributed by atoms with E-state index in [-0.39, 0.29) is 30.2 Å². The fraction of sp³-hybridized carbons (Fsp3) is 0.208. The third-order valence-electron chi connectivity index (χ3n) is 4.70. The van der Waals surface area contributed by atoms with Gasteiger partial charge in [-0.05, 0) is 44.2 Å². The van der Waals surface area contributed by atoms with Gasteiger partial charge in [0.2, 0.25) is 0 Å². The summed E-state index contributed by atoms with van der Waals surface area (Å²) in [5, 5.41) is 16.1. The largest absolute Gasteiger partial charge is 0.490 e. The van der Waals surface area contributed by atoms with Gasteiger partial charge in [0.05, 0.1) is 30.9 Å². The molecule has 3 aromatic rings. The van der Waals surface area contributed by atoms with Crippen LogP contribution in [0.1, 0.15) is 19.4 Å². The van der Waals surface area contributed by atoms with E-state index in [9.17, 15) is 19.7 Å². The smallest absolute Gasteiger partial charge is 0.345 e. The lowest BCUT2D eigenvalue weighted by molar-refractivity contribution is -0.385. The van der Waals surface area contributed by atoms with Crippen molar-refractivity contribution in [1.82, 2.24) is 9.78 Å². The number of ether oxygens (including phenoxy) is 3.